The number of halogens is 2. The van der Waals surface area contributed by atoms with Gasteiger partial charge in [-0.25, -0.2) is 9.18 Å². The second-order valence-corrected chi connectivity index (χ2v) is 6.52. The number of hydrogen-bond acceptors (Lipinski definition) is 5. The topological polar surface area (TPSA) is 73.9 Å². The molecule has 6 nitrogen and oxygen atoms in total. The van der Waals surface area contributed by atoms with E-state index in [9.17, 15) is 14.0 Å². The van der Waals surface area contributed by atoms with Crippen LogP contribution >= 0.6 is 15.9 Å². The monoisotopic (exact) mass is 439 g/mol. The predicted molar refractivity (Wildman–Crippen MR) is 102 cm³/mol. The summed E-state index contributed by atoms with van der Waals surface area (Å²) in [5.74, 6) is -0.408. The van der Waals surface area contributed by atoms with Gasteiger partial charge in [-0.2, -0.15) is 0 Å². The van der Waals surface area contributed by atoms with Gasteiger partial charge in [-0.3, -0.25) is 4.79 Å². The Hall–Kier alpha value is -2.61. The Balaban J connectivity index is 1.98. The first-order chi connectivity index (χ1) is 12.8. The minimum Gasteiger partial charge on any atom is -0.482 e. The number of benzene rings is 2. The first-order valence-electron chi connectivity index (χ1n) is 8.03. The molecule has 0 aliphatic rings. The van der Waals surface area contributed by atoms with Crippen molar-refractivity contribution in [1.29, 1.82) is 0 Å². The van der Waals surface area contributed by atoms with Crippen LogP contribution in [0, 0.1) is 12.7 Å². The number of aryl methyl sites for hydroxylation is 1. The molecule has 2 rings (SSSR count). The van der Waals surface area contributed by atoms with Gasteiger partial charge in [0.1, 0.15) is 17.3 Å². The van der Waals surface area contributed by atoms with Crippen LogP contribution < -0.4 is 14.8 Å². The van der Waals surface area contributed by atoms with Crippen molar-refractivity contribution < 1.29 is 28.2 Å². The van der Waals surface area contributed by atoms with Crippen molar-refractivity contribution in [2.24, 2.45) is 0 Å². The molecule has 1 amide bonds. The van der Waals surface area contributed by atoms with Crippen molar-refractivity contribution in [3.05, 3.63) is 52.3 Å². The molecular weight excluding hydrogens is 421 g/mol. The molecule has 0 bridgehead atoms. The Bertz CT molecular complexity index is 843. The maximum Gasteiger partial charge on any atom is 0.343 e. The fraction of sp³-hybridized carbons (Fsp3) is 0.263. The van der Waals surface area contributed by atoms with Gasteiger partial charge in [-0.15, -0.1) is 0 Å². The van der Waals surface area contributed by atoms with Gasteiger partial charge in [-0.05, 0) is 71.7 Å². The van der Waals surface area contributed by atoms with E-state index < -0.39 is 17.9 Å². The van der Waals surface area contributed by atoms with Crippen LogP contribution in [0.4, 0.5) is 10.1 Å². The van der Waals surface area contributed by atoms with Crippen molar-refractivity contribution in [3.63, 3.8) is 0 Å². The summed E-state index contributed by atoms with van der Waals surface area (Å²) < 4.78 is 28.9. The maximum absolute atomic E-state index is 13.1. The second-order valence-electron chi connectivity index (χ2n) is 5.67. The first-order valence-corrected chi connectivity index (χ1v) is 8.82. The molecule has 0 radical (unpaired) electrons. The van der Waals surface area contributed by atoms with Gasteiger partial charge in [-0.1, -0.05) is 0 Å². The van der Waals surface area contributed by atoms with Crippen molar-refractivity contribution in [1.82, 2.24) is 0 Å². The van der Waals surface area contributed by atoms with E-state index in [2.05, 4.69) is 26.0 Å². The molecule has 144 valence electrons. The summed E-state index contributed by atoms with van der Waals surface area (Å²) in [6, 6.07) is 8.95. The van der Waals surface area contributed by atoms with Gasteiger partial charge < -0.3 is 19.5 Å². The molecule has 0 aromatic heterocycles. The lowest BCUT2D eigenvalue weighted by Crippen LogP contribution is -2.30. The Kier molecular flexibility index (Phi) is 7.18. The van der Waals surface area contributed by atoms with Crippen LogP contribution in [-0.4, -0.2) is 31.7 Å². The number of methoxy groups -OCH3 is 1. The summed E-state index contributed by atoms with van der Waals surface area (Å²) >= 11 is 3.20. The largest absolute Gasteiger partial charge is 0.482 e. The zero-order valence-corrected chi connectivity index (χ0v) is 16.6. The molecule has 0 aliphatic heterocycles. The average Bonchev–Trinajstić information content (AvgIpc) is 2.63. The van der Waals surface area contributed by atoms with Crippen molar-refractivity contribution in [2.75, 3.05) is 19.0 Å². The van der Waals surface area contributed by atoms with E-state index in [-0.39, 0.29) is 12.5 Å². The Morgan fingerprint density at radius 1 is 1.22 bits per heavy atom. The number of nitrogens with one attached hydrogen (secondary N) is 1. The number of carbonyl (C=O) groups excluding carboxylic acids is 2. The summed E-state index contributed by atoms with van der Waals surface area (Å²) in [7, 11) is 1.28. The number of hydrogen-bond donors (Lipinski definition) is 1. The molecule has 0 spiro atoms. The minimum atomic E-state index is -0.804. The van der Waals surface area contributed by atoms with E-state index >= 15 is 0 Å². The number of ether oxygens (including phenoxy) is 3. The van der Waals surface area contributed by atoms with Gasteiger partial charge in [0.25, 0.3) is 5.91 Å². The smallest absolute Gasteiger partial charge is 0.343 e. The highest BCUT2D eigenvalue weighted by Gasteiger charge is 2.17. The number of rotatable bonds is 7. The molecular formula is C19H19BrFNO5. The lowest BCUT2D eigenvalue weighted by Gasteiger charge is -2.17. The van der Waals surface area contributed by atoms with E-state index in [1.54, 1.807) is 32.0 Å². The highest BCUT2D eigenvalue weighted by Crippen LogP contribution is 2.27. The number of esters is 1. The van der Waals surface area contributed by atoms with E-state index in [1.165, 1.54) is 25.3 Å². The molecule has 2 aromatic rings. The fourth-order valence-corrected chi connectivity index (χ4v) is 2.56. The molecule has 2 aromatic carbocycles. The highest BCUT2D eigenvalue weighted by molar-refractivity contribution is 9.10. The van der Waals surface area contributed by atoms with Crippen LogP contribution in [0.5, 0.6) is 11.5 Å². The van der Waals surface area contributed by atoms with Crippen LogP contribution in [0.1, 0.15) is 12.5 Å². The summed E-state index contributed by atoms with van der Waals surface area (Å²) in [5, 5.41) is 2.76. The third-order valence-electron chi connectivity index (χ3n) is 3.61. The molecule has 27 heavy (non-hydrogen) atoms. The quantitative estimate of drug-likeness (QED) is 0.663. The molecule has 0 saturated carbocycles. The SMILES string of the molecule is COC(=O)COc1ccc(NC(=O)C(C)Oc2ccc(F)cc2Br)c(C)c1. The number of carbonyl (C=O) groups is 2. The fourth-order valence-electron chi connectivity index (χ4n) is 2.12. The zero-order valence-electron chi connectivity index (χ0n) is 15.0. The number of anilines is 1. The van der Waals surface area contributed by atoms with Gasteiger partial charge >= 0.3 is 5.97 Å². The third-order valence-corrected chi connectivity index (χ3v) is 4.23. The van der Waals surface area contributed by atoms with Gasteiger partial charge in [0.15, 0.2) is 12.7 Å². The van der Waals surface area contributed by atoms with Crippen molar-refractivity contribution >= 4 is 33.5 Å². The van der Waals surface area contributed by atoms with Gasteiger partial charge in [0.2, 0.25) is 0 Å². The van der Waals surface area contributed by atoms with Crippen molar-refractivity contribution in [2.45, 2.75) is 20.0 Å². The van der Waals surface area contributed by atoms with Crippen LogP contribution in [0.15, 0.2) is 40.9 Å². The predicted octanol–water partition coefficient (Wildman–Crippen LogP) is 3.85. The summed E-state index contributed by atoms with van der Waals surface area (Å²) in [4.78, 5) is 23.5. The van der Waals surface area contributed by atoms with E-state index in [1.807, 2.05) is 0 Å². The van der Waals surface area contributed by atoms with Crippen LogP contribution in [-0.2, 0) is 14.3 Å². The Morgan fingerprint density at radius 2 is 1.96 bits per heavy atom. The van der Waals surface area contributed by atoms with Crippen molar-refractivity contribution in [3.8, 4) is 11.5 Å². The molecule has 0 aliphatic carbocycles. The summed E-state index contributed by atoms with van der Waals surface area (Å²) in [6.07, 6.45) is -0.804. The average molecular weight is 440 g/mol. The molecule has 0 saturated heterocycles. The second kappa shape index (κ2) is 9.36. The Labute approximate surface area is 164 Å². The summed E-state index contributed by atoms with van der Waals surface area (Å²) in [5.41, 5.74) is 1.33. The minimum absolute atomic E-state index is 0.195. The molecule has 1 unspecified atom stereocenters. The van der Waals surface area contributed by atoms with Gasteiger partial charge in [0, 0.05) is 5.69 Å². The van der Waals surface area contributed by atoms with Crippen LogP contribution in [0.3, 0.4) is 0 Å². The van der Waals surface area contributed by atoms with E-state index in [0.717, 1.165) is 5.56 Å². The lowest BCUT2D eigenvalue weighted by atomic mass is 10.2. The molecule has 1 N–H and O–H groups in total. The lowest BCUT2D eigenvalue weighted by molar-refractivity contribution is -0.142. The van der Waals surface area contributed by atoms with Gasteiger partial charge in [0.05, 0.1) is 11.6 Å². The van der Waals surface area contributed by atoms with E-state index in [0.29, 0.717) is 21.7 Å². The Morgan fingerprint density at radius 3 is 2.59 bits per heavy atom. The summed E-state index contributed by atoms with van der Waals surface area (Å²) in [6.45, 7) is 3.19. The molecule has 0 heterocycles. The third kappa shape index (κ3) is 5.96. The zero-order chi connectivity index (χ0) is 20.0. The molecule has 8 heteroatoms. The molecule has 0 fully saturated rings. The van der Waals surface area contributed by atoms with Crippen LogP contribution in [0.25, 0.3) is 0 Å². The van der Waals surface area contributed by atoms with Crippen LogP contribution in [0.2, 0.25) is 0 Å². The molecule has 1 atom stereocenters. The standard InChI is InChI=1S/C19H19BrFNO5/c1-11-8-14(26-10-18(23)25-3)5-6-16(11)22-19(24)12(2)27-17-7-4-13(21)9-15(17)20/h4-9,12H,10H2,1-3H3,(H,22,24). The maximum atomic E-state index is 13.1. The number of amides is 1. The highest BCUT2D eigenvalue weighted by atomic mass is 79.9. The normalized spacial score (nSPS) is 11.4. The first kappa shape index (κ1) is 20.7. The van der Waals surface area contributed by atoms with E-state index in [4.69, 9.17) is 9.47 Å².